The van der Waals surface area contributed by atoms with Gasteiger partial charge in [0.2, 0.25) is 5.89 Å². The van der Waals surface area contributed by atoms with Crippen LogP contribution in [0.2, 0.25) is 0 Å². The zero-order valence-electron chi connectivity index (χ0n) is 18.0. The smallest absolute Gasteiger partial charge is 0.226 e. The molecule has 2 aromatic heterocycles. The Kier molecular flexibility index (Phi) is 9.20. The van der Waals surface area contributed by atoms with E-state index in [4.69, 9.17) is 23.4 Å². The minimum absolute atomic E-state index is 0. The molecule has 0 bridgehead atoms. The number of hydrogen-bond acceptors (Lipinski definition) is 7. The fraction of sp³-hybridized carbons (Fsp3) is 0.409. The molecule has 0 radical (unpaired) electrons. The number of nitrogens with zero attached hydrogens (tertiary/aromatic N) is 3. The largest absolute Gasteiger partial charge is 0.490 e. The molecule has 4 rings (SSSR count). The molecule has 9 nitrogen and oxygen atoms in total. The van der Waals surface area contributed by atoms with Gasteiger partial charge >= 0.3 is 0 Å². The molecule has 1 aliphatic heterocycles. The van der Waals surface area contributed by atoms with Crippen LogP contribution in [0.15, 0.2) is 50.5 Å². The lowest BCUT2D eigenvalue weighted by Crippen LogP contribution is -2.32. The summed E-state index contributed by atoms with van der Waals surface area (Å²) in [6.45, 7) is 4.43. The molecule has 10 heteroatoms. The molecule has 32 heavy (non-hydrogen) atoms. The maximum Gasteiger partial charge on any atom is 0.226 e. The number of benzene rings is 1. The summed E-state index contributed by atoms with van der Waals surface area (Å²) < 4.78 is 22.1. The van der Waals surface area contributed by atoms with Gasteiger partial charge in [-0.1, -0.05) is 5.16 Å². The van der Waals surface area contributed by atoms with Crippen molar-refractivity contribution in [3.63, 3.8) is 0 Å². The summed E-state index contributed by atoms with van der Waals surface area (Å²) in [7, 11) is 0. The number of anilines is 1. The number of hydrogen-bond donors (Lipinski definition) is 2. The maximum absolute atomic E-state index is 5.79. The number of aromatic nitrogens is 2. The highest BCUT2D eigenvalue weighted by atomic mass is 127. The second-order valence-corrected chi connectivity index (χ2v) is 7.16. The minimum Gasteiger partial charge on any atom is -0.490 e. The molecule has 172 valence electrons. The highest BCUT2D eigenvalue weighted by Crippen LogP contribution is 2.32. The Hall–Kier alpha value is -2.76. The molecular formula is C22H28IN5O4. The van der Waals surface area contributed by atoms with Crippen molar-refractivity contribution in [2.24, 2.45) is 4.99 Å². The Morgan fingerprint density at radius 1 is 1.12 bits per heavy atom. The highest BCUT2D eigenvalue weighted by Gasteiger charge is 2.11. The van der Waals surface area contributed by atoms with Crippen molar-refractivity contribution in [3.8, 4) is 11.5 Å². The van der Waals surface area contributed by atoms with Gasteiger partial charge in [0.15, 0.2) is 23.3 Å². The van der Waals surface area contributed by atoms with Crippen LogP contribution in [0, 0.1) is 6.92 Å². The van der Waals surface area contributed by atoms with Crippen LogP contribution in [0.4, 0.5) is 5.69 Å². The Balaban J connectivity index is 0.00000289. The van der Waals surface area contributed by atoms with Crippen molar-refractivity contribution in [1.82, 2.24) is 15.5 Å². The van der Waals surface area contributed by atoms with Crippen LogP contribution in [-0.2, 0) is 12.8 Å². The van der Waals surface area contributed by atoms with Crippen LogP contribution >= 0.6 is 24.0 Å². The quantitative estimate of drug-likeness (QED) is 0.187. The number of ether oxygens (including phenoxy) is 2. The first-order chi connectivity index (χ1) is 15.3. The number of furan rings is 1. The molecule has 3 heterocycles. The number of guanidine groups is 1. The van der Waals surface area contributed by atoms with Crippen molar-refractivity contribution in [1.29, 1.82) is 0 Å². The summed E-state index contributed by atoms with van der Waals surface area (Å²) in [5.74, 6) is 4.40. The van der Waals surface area contributed by atoms with Crippen molar-refractivity contribution in [2.75, 3.05) is 31.6 Å². The van der Waals surface area contributed by atoms with Crippen LogP contribution in [0.1, 0.15) is 30.3 Å². The predicted octanol–water partition coefficient (Wildman–Crippen LogP) is 3.98. The molecule has 2 N–H and O–H groups in total. The third-order valence-corrected chi connectivity index (χ3v) is 4.64. The Morgan fingerprint density at radius 3 is 2.78 bits per heavy atom. The topological polar surface area (TPSA) is 107 Å². The minimum atomic E-state index is 0. The number of rotatable bonds is 8. The first-order valence-corrected chi connectivity index (χ1v) is 10.5. The molecule has 0 amide bonds. The lowest BCUT2D eigenvalue weighted by Gasteiger charge is -2.14. The van der Waals surface area contributed by atoms with Gasteiger partial charge < -0.3 is 29.0 Å². The van der Waals surface area contributed by atoms with Crippen molar-refractivity contribution >= 4 is 35.6 Å². The summed E-state index contributed by atoms with van der Waals surface area (Å²) >= 11 is 0. The van der Waals surface area contributed by atoms with E-state index in [0.29, 0.717) is 50.4 Å². The SMILES string of the molecule is Cc1noc(CCCN=C(NCCc2ccco2)Nc2ccc3c(c2)OCCCO3)n1.I. The van der Waals surface area contributed by atoms with Crippen LogP contribution in [-0.4, -0.2) is 42.4 Å². The summed E-state index contributed by atoms with van der Waals surface area (Å²) in [5, 5.41) is 10.5. The predicted molar refractivity (Wildman–Crippen MR) is 131 cm³/mol. The maximum atomic E-state index is 5.79. The fourth-order valence-corrected chi connectivity index (χ4v) is 3.14. The molecule has 0 fully saturated rings. The van der Waals surface area contributed by atoms with Crippen molar-refractivity contribution in [2.45, 2.75) is 32.6 Å². The first kappa shape index (κ1) is 23.9. The number of halogens is 1. The second kappa shape index (κ2) is 12.3. The molecular weight excluding hydrogens is 525 g/mol. The highest BCUT2D eigenvalue weighted by molar-refractivity contribution is 14.0. The molecule has 1 aromatic carbocycles. The third-order valence-electron chi connectivity index (χ3n) is 4.64. The first-order valence-electron chi connectivity index (χ1n) is 10.5. The van der Waals surface area contributed by atoms with Gasteiger partial charge in [-0.25, -0.2) is 0 Å². The lowest BCUT2D eigenvalue weighted by atomic mass is 10.2. The van der Waals surface area contributed by atoms with E-state index in [1.807, 2.05) is 37.3 Å². The van der Waals surface area contributed by atoms with Crippen molar-refractivity contribution in [3.05, 3.63) is 54.1 Å². The summed E-state index contributed by atoms with van der Waals surface area (Å²) in [6, 6.07) is 9.66. The van der Waals surface area contributed by atoms with E-state index in [2.05, 4.69) is 20.8 Å². The Labute approximate surface area is 204 Å². The van der Waals surface area contributed by atoms with Crippen molar-refractivity contribution < 1.29 is 18.4 Å². The number of aliphatic imine (C=N–C) groups is 1. The van der Waals surface area contributed by atoms with Gasteiger partial charge in [-0.15, -0.1) is 24.0 Å². The van der Waals surface area contributed by atoms with E-state index in [9.17, 15) is 0 Å². The van der Waals surface area contributed by atoms with Crippen LogP contribution < -0.4 is 20.1 Å². The third kappa shape index (κ3) is 7.14. The average Bonchev–Trinajstić information content (AvgIpc) is 3.37. The molecule has 0 aliphatic carbocycles. The monoisotopic (exact) mass is 553 g/mol. The molecule has 0 unspecified atom stereocenters. The molecule has 0 saturated heterocycles. The zero-order chi connectivity index (χ0) is 21.3. The fourth-order valence-electron chi connectivity index (χ4n) is 3.14. The van der Waals surface area contributed by atoms with Gasteiger partial charge in [0, 0.05) is 44.1 Å². The van der Waals surface area contributed by atoms with E-state index in [-0.39, 0.29) is 24.0 Å². The van der Waals surface area contributed by atoms with Crippen LogP contribution in [0.25, 0.3) is 0 Å². The van der Waals surface area contributed by atoms with Gasteiger partial charge in [0.25, 0.3) is 0 Å². The number of aryl methyl sites for hydroxylation is 2. The van der Waals surface area contributed by atoms with Gasteiger partial charge in [0.1, 0.15) is 5.76 Å². The lowest BCUT2D eigenvalue weighted by molar-refractivity contribution is 0.297. The molecule has 0 saturated carbocycles. The van der Waals surface area contributed by atoms with Crippen LogP contribution in [0.3, 0.4) is 0 Å². The van der Waals surface area contributed by atoms with Gasteiger partial charge in [-0.2, -0.15) is 4.98 Å². The van der Waals surface area contributed by atoms with Gasteiger partial charge in [0.05, 0.1) is 19.5 Å². The van der Waals surface area contributed by atoms with E-state index in [1.54, 1.807) is 6.26 Å². The van der Waals surface area contributed by atoms with Gasteiger partial charge in [-0.05, 0) is 37.6 Å². The molecule has 3 aromatic rings. The second-order valence-electron chi connectivity index (χ2n) is 7.16. The van der Waals surface area contributed by atoms with E-state index in [0.717, 1.165) is 42.2 Å². The summed E-state index contributed by atoms with van der Waals surface area (Å²) in [6.07, 6.45) is 4.80. The zero-order valence-corrected chi connectivity index (χ0v) is 20.3. The Morgan fingerprint density at radius 2 is 2.00 bits per heavy atom. The van der Waals surface area contributed by atoms with Gasteiger partial charge in [-0.3, -0.25) is 4.99 Å². The summed E-state index contributed by atoms with van der Waals surface area (Å²) in [5.41, 5.74) is 0.876. The van der Waals surface area contributed by atoms with E-state index >= 15 is 0 Å². The standard InChI is InChI=1S/C22H27N5O4.HI/c1-16-25-21(31-27-16)6-2-10-23-22(24-11-9-18-5-3-12-28-18)26-17-7-8-19-20(15-17)30-14-4-13-29-19;/h3,5,7-8,12,15H,2,4,6,9-11,13-14H2,1H3,(H2,23,24,26);1H. The Bertz CT molecular complexity index is 990. The summed E-state index contributed by atoms with van der Waals surface area (Å²) in [4.78, 5) is 8.92. The van der Waals surface area contributed by atoms with Crippen LogP contribution in [0.5, 0.6) is 11.5 Å². The molecule has 1 aliphatic rings. The average molecular weight is 553 g/mol. The molecule has 0 atom stereocenters. The normalized spacial score (nSPS) is 13.2. The number of nitrogens with one attached hydrogen (secondary N) is 2. The van der Waals surface area contributed by atoms with E-state index < -0.39 is 0 Å². The molecule has 0 spiro atoms. The number of fused-ring (bicyclic) bond motifs is 1. The van der Waals surface area contributed by atoms with E-state index in [1.165, 1.54) is 0 Å².